The molecule has 6 heteroatoms. The summed E-state index contributed by atoms with van der Waals surface area (Å²) < 4.78 is 18.3. The van der Waals surface area contributed by atoms with Crippen molar-refractivity contribution in [3.8, 4) is 10.4 Å². The van der Waals surface area contributed by atoms with Gasteiger partial charge in [-0.25, -0.2) is 9.37 Å². The smallest absolute Gasteiger partial charge is 0.231 e. The Kier molecular flexibility index (Phi) is 3.98. The van der Waals surface area contributed by atoms with Gasteiger partial charge in [0.05, 0.1) is 16.9 Å². The average Bonchev–Trinajstić information content (AvgIpc) is 3.09. The first-order valence-electron chi connectivity index (χ1n) is 6.78. The molecule has 1 aromatic carbocycles. The summed E-state index contributed by atoms with van der Waals surface area (Å²) in [4.78, 5) is 17.2. The second-order valence-electron chi connectivity index (χ2n) is 5.00. The summed E-state index contributed by atoms with van der Waals surface area (Å²) in [6.07, 6.45) is 2.37. The van der Waals surface area contributed by atoms with Crippen molar-refractivity contribution in [1.29, 1.82) is 0 Å². The Bertz CT molecular complexity index is 641. The maximum Gasteiger partial charge on any atom is 0.231 e. The molecule has 4 nitrogen and oxygen atoms in total. The quantitative estimate of drug-likeness (QED) is 0.946. The number of hydrogen-bond donors (Lipinski definition) is 1. The van der Waals surface area contributed by atoms with Crippen molar-refractivity contribution < 1.29 is 13.9 Å². The van der Waals surface area contributed by atoms with E-state index in [0.29, 0.717) is 11.7 Å². The number of hydrogen-bond acceptors (Lipinski definition) is 4. The van der Waals surface area contributed by atoms with Gasteiger partial charge in [0.25, 0.3) is 0 Å². The lowest BCUT2D eigenvalue weighted by Crippen LogP contribution is -2.27. The molecule has 110 valence electrons. The van der Waals surface area contributed by atoms with E-state index in [1.807, 2.05) is 6.92 Å². The summed E-state index contributed by atoms with van der Waals surface area (Å²) in [7, 11) is 0. The normalized spacial score (nSPS) is 21.4. The van der Waals surface area contributed by atoms with Crippen LogP contribution in [0.15, 0.2) is 30.5 Å². The predicted octanol–water partition coefficient (Wildman–Crippen LogP) is 3.31. The fraction of sp³-hybridized carbons (Fsp3) is 0.333. The third kappa shape index (κ3) is 3.11. The van der Waals surface area contributed by atoms with Crippen LogP contribution in [0.2, 0.25) is 0 Å². The number of aromatic nitrogens is 1. The van der Waals surface area contributed by atoms with Crippen LogP contribution in [0.5, 0.6) is 0 Å². The van der Waals surface area contributed by atoms with Crippen molar-refractivity contribution in [3.05, 3.63) is 36.3 Å². The van der Waals surface area contributed by atoms with E-state index in [9.17, 15) is 9.18 Å². The van der Waals surface area contributed by atoms with E-state index in [4.69, 9.17) is 4.74 Å². The molecule has 2 atom stereocenters. The van der Waals surface area contributed by atoms with Gasteiger partial charge in [0, 0.05) is 12.8 Å². The molecule has 1 saturated heterocycles. The Labute approximate surface area is 126 Å². The van der Waals surface area contributed by atoms with Crippen LogP contribution in [-0.4, -0.2) is 23.6 Å². The molecule has 0 aliphatic carbocycles. The van der Waals surface area contributed by atoms with E-state index >= 15 is 0 Å². The van der Waals surface area contributed by atoms with Gasteiger partial charge in [0.1, 0.15) is 5.82 Å². The van der Waals surface area contributed by atoms with E-state index in [0.717, 1.165) is 16.9 Å². The molecule has 0 radical (unpaired) electrons. The minimum atomic E-state index is -0.271. The third-order valence-electron chi connectivity index (χ3n) is 3.58. The van der Waals surface area contributed by atoms with Crippen molar-refractivity contribution in [2.24, 2.45) is 5.92 Å². The van der Waals surface area contributed by atoms with Gasteiger partial charge >= 0.3 is 0 Å². The van der Waals surface area contributed by atoms with Crippen molar-refractivity contribution in [1.82, 2.24) is 4.98 Å². The Morgan fingerprint density at radius 1 is 1.43 bits per heavy atom. The Morgan fingerprint density at radius 3 is 2.86 bits per heavy atom. The summed E-state index contributed by atoms with van der Waals surface area (Å²) in [6, 6.07) is 6.21. The second kappa shape index (κ2) is 5.91. The van der Waals surface area contributed by atoms with Crippen LogP contribution in [0.3, 0.4) is 0 Å². The number of nitrogens with zero attached hydrogens (tertiary/aromatic N) is 1. The third-order valence-corrected chi connectivity index (χ3v) is 4.54. The van der Waals surface area contributed by atoms with Crippen LogP contribution >= 0.6 is 11.3 Å². The molecular weight excluding hydrogens is 291 g/mol. The molecule has 0 spiro atoms. The van der Waals surface area contributed by atoms with Crippen molar-refractivity contribution >= 4 is 22.4 Å². The number of ether oxygens (including phenoxy) is 1. The number of amides is 1. The lowest BCUT2D eigenvalue weighted by molar-refractivity contribution is -0.121. The monoisotopic (exact) mass is 306 g/mol. The van der Waals surface area contributed by atoms with Gasteiger partial charge in [-0.15, -0.1) is 0 Å². The maximum atomic E-state index is 12.9. The van der Waals surface area contributed by atoms with Crippen molar-refractivity contribution in [2.45, 2.75) is 19.4 Å². The Balaban J connectivity index is 1.70. The highest BCUT2D eigenvalue weighted by Gasteiger charge is 2.31. The summed E-state index contributed by atoms with van der Waals surface area (Å²) in [5, 5.41) is 3.38. The molecule has 1 aliphatic heterocycles. The molecule has 0 bridgehead atoms. The molecule has 2 heterocycles. The molecule has 21 heavy (non-hydrogen) atoms. The lowest BCUT2D eigenvalue weighted by Gasteiger charge is -2.12. The highest BCUT2D eigenvalue weighted by molar-refractivity contribution is 7.19. The van der Waals surface area contributed by atoms with Gasteiger partial charge in [0.15, 0.2) is 5.13 Å². The van der Waals surface area contributed by atoms with Gasteiger partial charge in [-0.1, -0.05) is 23.5 Å². The van der Waals surface area contributed by atoms with E-state index in [-0.39, 0.29) is 23.7 Å². The summed E-state index contributed by atoms with van der Waals surface area (Å²) in [5.74, 6) is -0.449. The van der Waals surface area contributed by atoms with Crippen LogP contribution in [0.25, 0.3) is 10.4 Å². The molecular formula is C15H15FN2O2S. The Morgan fingerprint density at radius 2 is 2.19 bits per heavy atom. The molecule has 1 fully saturated rings. The first-order valence-corrected chi connectivity index (χ1v) is 7.59. The van der Waals surface area contributed by atoms with Crippen LogP contribution in [-0.2, 0) is 9.53 Å². The van der Waals surface area contributed by atoms with Gasteiger partial charge in [-0.3, -0.25) is 4.79 Å². The summed E-state index contributed by atoms with van der Waals surface area (Å²) in [6.45, 7) is 2.53. The molecule has 1 aliphatic rings. The number of halogens is 1. The number of nitrogens with one attached hydrogen (secondary N) is 1. The number of rotatable bonds is 3. The number of carbonyl (C=O) groups excluding carboxylic acids is 1. The second-order valence-corrected chi connectivity index (χ2v) is 6.03. The fourth-order valence-electron chi connectivity index (χ4n) is 2.35. The van der Waals surface area contributed by atoms with Gasteiger partial charge in [0.2, 0.25) is 5.91 Å². The maximum absolute atomic E-state index is 12.9. The standard InChI is InChI=1S/C15H15FN2O2S/c1-9-12(6-7-20-9)14(19)18-15-17-8-13(21-15)10-2-4-11(16)5-3-10/h2-5,8-9,12H,6-7H2,1H3,(H,17,18,19). The first-order chi connectivity index (χ1) is 10.1. The van der Waals surface area contributed by atoms with E-state index < -0.39 is 0 Å². The zero-order valence-electron chi connectivity index (χ0n) is 11.5. The Hall–Kier alpha value is -1.79. The zero-order valence-corrected chi connectivity index (χ0v) is 12.3. The molecule has 1 aromatic heterocycles. The number of benzene rings is 1. The number of carbonyl (C=O) groups is 1. The summed E-state index contributed by atoms with van der Waals surface area (Å²) >= 11 is 1.37. The van der Waals surface area contributed by atoms with Crippen LogP contribution in [0.4, 0.5) is 9.52 Å². The molecule has 1 amide bonds. The number of thiazole rings is 1. The highest BCUT2D eigenvalue weighted by Crippen LogP contribution is 2.30. The lowest BCUT2D eigenvalue weighted by atomic mass is 10.0. The van der Waals surface area contributed by atoms with E-state index in [2.05, 4.69) is 10.3 Å². The summed E-state index contributed by atoms with van der Waals surface area (Å²) in [5.41, 5.74) is 0.881. The van der Waals surface area contributed by atoms with Gasteiger partial charge in [-0.2, -0.15) is 0 Å². The first kappa shape index (κ1) is 14.2. The fourth-order valence-corrected chi connectivity index (χ4v) is 3.18. The van der Waals surface area contributed by atoms with Crippen molar-refractivity contribution in [3.63, 3.8) is 0 Å². The minimum Gasteiger partial charge on any atom is -0.378 e. The molecule has 3 rings (SSSR count). The zero-order chi connectivity index (χ0) is 14.8. The molecule has 2 aromatic rings. The van der Waals surface area contributed by atoms with Crippen LogP contribution < -0.4 is 5.32 Å². The van der Waals surface area contributed by atoms with Crippen molar-refractivity contribution in [2.75, 3.05) is 11.9 Å². The number of anilines is 1. The molecule has 2 unspecified atom stereocenters. The van der Waals surface area contributed by atoms with Crippen LogP contribution in [0, 0.1) is 11.7 Å². The van der Waals surface area contributed by atoms with Gasteiger partial charge in [-0.05, 0) is 31.0 Å². The highest BCUT2D eigenvalue weighted by atomic mass is 32.1. The van der Waals surface area contributed by atoms with Gasteiger partial charge < -0.3 is 10.1 Å². The van der Waals surface area contributed by atoms with E-state index in [1.165, 1.54) is 23.5 Å². The molecule has 1 N–H and O–H groups in total. The average molecular weight is 306 g/mol. The topological polar surface area (TPSA) is 51.2 Å². The predicted molar refractivity (Wildman–Crippen MR) is 79.7 cm³/mol. The largest absolute Gasteiger partial charge is 0.378 e. The SMILES string of the molecule is CC1OCCC1C(=O)Nc1ncc(-c2ccc(F)cc2)s1. The minimum absolute atomic E-state index is 0.0541. The molecule has 0 saturated carbocycles. The van der Waals surface area contributed by atoms with E-state index in [1.54, 1.807) is 18.3 Å². The van der Waals surface area contributed by atoms with Crippen LogP contribution in [0.1, 0.15) is 13.3 Å².